The van der Waals surface area contributed by atoms with E-state index in [2.05, 4.69) is 0 Å². The summed E-state index contributed by atoms with van der Waals surface area (Å²) in [5.74, 6) is -0.777. The van der Waals surface area contributed by atoms with Gasteiger partial charge in [0.25, 0.3) is 5.91 Å². The summed E-state index contributed by atoms with van der Waals surface area (Å²) in [7, 11) is 0. The number of rotatable bonds is 1. The summed E-state index contributed by atoms with van der Waals surface area (Å²) in [6.45, 7) is 0.758. The van der Waals surface area contributed by atoms with Crippen LogP contribution in [0.5, 0.6) is 11.5 Å². The second-order valence-corrected chi connectivity index (χ2v) is 7.60. The fourth-order valence-electron chi connectivity index (χ4n) is 4.14. The lowest BCUT2D eigenvalue weighted by Crippen LogP contribution is -2.55. The molecule has 162 valence electrons. The van der Waals surface area contributed by atoms with Gasteiger partial charge in [0, 0.05) is 24.4 Å². The van der Waals surface area contributed by atoms with Crippen molar-refractivity contribution in [3.63, 3.8) is 0 Å². The molecule has 2 aliphatic rings. The molecule has 0 aliphatic carbocycles. The fourth-order valence-corrected chi connectivity index (χ4v) is 4.14. The van der Waals surface area contributed by atoms with Crippen LogP contribution in [0.1, 0.15) is 27.7 Å². The highest BCUT2D eigenvalue weighted by Crippen LogP contribution is 2.36. The zero-order valence-corrected chi connectivity index (χ0v) is 17.0. The van der Waals surface area contributed by atoms with Crippen molar-refractivity contribution in [1.82, 2.24) is 9.58 Å². The summed E-state index contributed by atoms with van der Waals surface area (Å²) in [5.41, 5.74) is 0.816. The summed E-state index contributed by atoms with van der Waals surface area (Å²) >= 11 is 0. The number of pyridine rings is 1. The summed E-state index contributed by atoms with van der Waals surface area (Å²) < 4.78 is 21.2. The monoisotopic (exact) mass is 433 g/mol. The molecule has 0 saturated carbocycles. The standard InChI is InChI=1S/C24H20FN3O4/c25-17-9-7-16(8-10-17)21-18-5-1-2-6-20(18)32-14-4-3-12-26-15-28(21)27-13-11-19(29)23(30)22(27)24(26)31/h1-11,13,21,30H,12,14-15H2/b4-3-/t21-/m0/s1. The molecule has 2 aliphatic heterocycles. The van der Waals surface area contributed by atoms with Gasteiger partial charge in [-0.25, -0.2) is 4.39 Å². The van der Waals surface area contributed by atoms with E-state index in [1.807, 2.05) is 41.4 Å². The number of fused-ring (bicyclic) bond motifs is 5. The minimum atomic E-state index is -0.631. The summed E-state index contributed by atoms with van der Waals surface area (Å²) in [4.78, 5) is 26.8. The SMILES string of the molecule is O=C1c2c(O)c(=O)ccn2N2CN1C/C=C\COc1ccccc1[C@@H]2c1ccc(F)cc1. The number of para-hydroxylation sites is 1. The van der Waals surface area contributed by atoms with E-state index in [1.54, 1.807) is 12.1 Å². The first-order valence-electron chi connectivity index (χ1n) is 10.2. The Labute approximate surface area is 183 Å². The number of halogens is 1. The number of nitrogens with zero attached hydrogens (tertiary/aromatic N) is 3. The number of ether oxygens (including phenoxy) is 1. The van der Waals surface area contributed by atoms with Crippen molar-refractivity contribution in [2.75, 3.05) is 24.8 Å². The highest BCUT2D eigenvalue weighted by molar-refractivity contribution is 5.96. The Morgan fingerprint density at radius 2 is 1.78 bits per heavy atom. The summed E-state index contributed by atoms with van der Waals surface area (Å²) in [5, 5.41) is 12.4. The van der Waals surface area contributed by atoms with Crippen molar-refractivity contribution in [3.05, 3.63) is 106 Å². The van der Waals surface area contributed by atoms with E-state index in [-0.39, 0.29) is 24.7 Å². The Kier molecular flexibility index (Phi) is 4.89. The maximum atomic E-state index is 13.7. The molecule has 1 N–H and O–H groups in total. The number of hydrogen-bond donors (Lipinski definition) is 1. The predicted octanol–water partition coefficient (Wildman–Crippen LogP) is 2.78. The van der Waals surface area contributed by atoms with Crippen LogP contribution in [0, 0.1) is 5.82 Å². The number of hydrogen-bond acceptors (Lipinski definition) is 5. The second-order valence-electron chi connectivity index (χ2n) is 7.60. The van der Waals surface area contributed by atoms with Crippen LogP contribution in [-0.2, 0) is 0 Å². The van der Waals surface area contributed by atoms with Gasteiger partial charge in [0.2, 0.25) is 5.43 Å². The van der Waals surface area contributed by atoms with Gasteiger partial charge in [0.15, 0.2) is 11.4 Å². The Balaban J connectivity index is 1.79. The van der Waals surface area contributed by atoms with Gasteiger partial charge in [-0.3, -0.25) is 19.3 Å². The molecule has 0 fully saturated rings. The number of aromatic hydroxyl groups is 1. The zero-order chi connectivity index (χ0) is 22.2. The van der Waals surface area contributed by atoms with Crippen LogP contribution in [0.2, 0.25) is 0 Å². The lowest BCUT2D eigenvalue weighted by molar-refractivity contribution is 0.0701. The van der Waals surface area contributed by atoms with Crippen LogP contribution in [0.3, 0.4) is 0 Å². The molecule has 0 unspecified atom stereocenters. The van der Waals surface area contributed by atoms with Crippen LogP contribution >= 0.6 is 0 Å². The summed E-state index contributed by atoms with van der Waals surface area (Å²) in [6, 6.07) is 14.3. The van der Waals surface area contributed by atoms with E-state index < -0.39 is 23.1 Å². The lowest BCUT2D eigenvalue weighted by atomic mass is 9.97. The summed E-state index contributed by atoms with van der Waals surface area (Å²) in [6.07, 6.45) is 5.10. The topological polar surface area (TPSA) is 75.0 Å². The number of aromatic nitrogens is 1. The van der Waals surface area contributed by atoms with Gasteiger partial charge >= 0.3 is 0 Å². The van der Waals surface area contributed by atoms with Crippen molar-refractivity contribution in [2.45, 2.75) is 6.04 Å². The van der Waals surface area contributed by atoms with E-state index in [1.165, 1.54) is 34.0 Å². The van der Waals surface area contributed by atoms with Crippen molar-refractivity contribution >= 4 is 5.91 Å². The second kappa shape index (κ2) is 7.88. The zero-order valence-electron chi connectivity index (χ0n) is 17.0. The molecule has 32 heavy (non-hydrogen) atoms. The van der Waals surface area contributed by atoms with Crippen LogP contribution in [0.15, 0.2) is 77.7 Å². The average Bonchev–Trinajstić information content (AvgIpc) is 2.83. The molecule has 5 rings (SSSR count). The molecule has 7 nitrogen and oxygen atoms in total. The molecule has 3 aromatic rings. The van der Waals surface area contributed by atoms with Gasteiger partial charge in [-0.05, 0) is 29.8 Å². The van der Waals surface area contributed by atoms with Crippen molar-refractivity contribution in [2.24, 2.45) is 0 Å². The van der Waals surface area contributed by atoms with E-state index in [0.29, 0.717) is 12.4 Å². The van der Waals surface area contributed by atoms with Gasteiger partial charge < -0.3 is 14.7 Å². The van der Waals surface area contributed by atoms with Gasteiger partial charge in [0.05, 0.1) is 0 Å². The third-order valence-corrected chi connectivity index (χ3v) is 5.66. The Morgan fingerprint density at radius 1 is 1.00 bits per heavy atom. The van der Waals surface area contributed by atoms with Crippen molar-refractivity contribution < 1.29 is 19.0 Å². The third-order valence-electron chi connectivity index (χ3n) is 5.66. The van der Waals surface area contributed by atoms with Crippen LogP contribution in [-0.4, -0.2) is 40.4 Å². The minimum absolute atomic E-state index is 0.109. The van der Waals surface area contributed by atoms with E-state index in [0.717, 1.165) is 11.1 Å². The molecule has 3 heterocycles. The molecular formula is C24H20FN3O4. The highest BCUT2D eigenvalue weighted by Gasteiger charge is 2.37. The molecule has 2 aromatic carbocycles. The Hall–Kier alpha value is -4.07. The van der Waals surface area contributed by atoms with E-state index >= 15 is 0 Å². The maximum Gasteiger partial charge on any atom is 0.278 e. The first kappa shape index (κ1) is 19.9. The molecule has 8 heteroatoms. The maximum absolute atomic E-state index is 13.7. The number of benzene rings is 2. The molecular weight excluding hydrogens is 413 g/mol. The van der Waals surface area contributed by atoms with Crippen LogP contribution in [0.4, 0.5) is 4.39 Å². The number of carbonyl (C=O) groups is 1. The smallest absolute Gasteiger partial charge is 0.278 e. The van der Waals surface area contributed by atoms with Crippen molar-refractivity contribution in [3.8, 4) is 11.5 Å². The predicted molar refractivity (Wildman–Crippen MR) is 116 cm³/mol. The molecule has 0 spiro atoms. The molecule has 2 bridgehead atoms. The molecule has 1 aromatic heterocycles. The van der Waals surface area contributed by atoms with Crippen LogP contribution < -0.4 is 15.2 Å². The highest BCUT2D eigenvalue weighted by atomic mass is 19.1. The largest absolute Gasteiger partial charge is 0.502 e. The van der Waals surface area contributed by atoms with Gasteiger partial charge in [-0.2, -0.15) is 0 Å². The lowest BCUT2D eigenvalue weighted by Gasteiger charge is -2.43. The molecule has 1 amide bonds. The van der Waals surface area contributed by atoms with Gasteiger partial charge in [0.1, 0.15) is 30.9 Å². The normalized spacial score (nSPS) is 18.8. The first-order chi connectivity index (χ1) is 15.5. The Morgan fingerprint density at radius 3 is 2.59 bits per heavy atom. The van der Waals surface area contributed by atoms with Gasteiger partial charge in [-0.1, -0.05) is 36.4 Å². The van der Waals surface area contributed by atoms with E-state index in [9.17, 15) is 19.1 Å². The molecule has 1 atom stereocenters. The third kappa shape index (κ3) is 3.30. The Bertz CT molecular complexity index is 1270. The number of carbonyl (C=O) groups excluding carboxylic acids is 1. The molecule has 0 saturated heterocycles. The van der Waals surface area contributed by atoms with Crippen molar-refractivity contribution in [1.29, 1.82) is 0 Å². The molecule has 0 radical (unpaired) electrons. The van der Waals surface area contributed by atoms with Crippen LogP contribution in [0.25, 0.3) is 0 Å². The first-order valence-corrected chi connectivity index (χ1v) is 10.2. The quantitative estimate of drug-likeness (QED) is 0.598. The van der Waals surface area contributed by atoms with E-state index in [4.69, 9.17) is 4.74 Å². The number of amides is 1. The fraction of sp³-hybridized carbons (Fsp3) is 0.167. The van der Waals surface area contributed by atoms with Gasteiger partial charge in [-0.15, -0.1) is 0 Å². The average molecular weight is 433 g/mol. The minimum Gasteiger partial charge on any atom is -0.502 e.